The van der Waals surface area contributed by atoms with Crippen LogP contribution in [-0.2, 0) is 14.2 Å². The number of hydrogen-bond donors (Lipinski definition) is 3. The van der Waals surface area contributed by atoms with Crippen LogP contribution < -0.4 is 0 Å². The van der Waals surface area contributed by atoms with Gasteiger partial charge in [-0.05, 0) is 44.1 Å². The molecule has 9 fully saturated rings. The van der Waals surface area contributed by atoms with Crippen LogP contribution in [0.5, 0.6) is 0 Å². The smallest absolute Gasteiger partial charge is 0.119 e. The molecule has 0 aromatic carbocycles. The van der Waals surface area contributed by atoms with Crippen molar-refractivity contribution in [1.82, 2.24) is 4.90 Å². The monoisotopic (exact) mass is 421 g/mol. The van der Waals surface area contributed by atoms with Gasteiger partial charge in [-0.1, -0.05) is 6.92 Å². The number of nitrogens with zero attached hydrogens (tertiary/aromatic N) is 1. The third kappa shape index (κ3) is 1.56. The minimum absolute atomic E-state index is 0.0213. The molecule has 7 heteroatoms. The number of hydrogen-bond acceptors (Lipinski definition) is 7. The molecule has 0 radical (unpaired) electrons. The Morgan fingerprint density at radius 2 is 1.97 bits per heavy atom. The zero-order valence-electron chi connectivity index (χ0n) is 18.2. The van der Waals surface area contributed by atoms with Crippen LogP contribution >= 0.6 is 0 Å². The van der Waals surface area contributed by atoms with E-state index >= 15 is 0 Å². The summed E-state index contributed by atoms with van der Waals surface area (Å²) in [6.45, 7) is 3.54. The second-order valence-corrected chi connectivity index (χ2v) is 11.5. The van der Waals surface area contributed by atoms with E-state index in [1.807, 2.05) is 0 Å². The molecule has 9 aliphatic rings. The molecule has 9 rings (SSSR count). The minimum Gasteiger partial charge on any atom is -0.392 e. The Morgan fingerprint density at radius 1 is 1.17 bits per heavy atom. The van der Waals surface area contributed by atoms with Crippen molar-refractivity contribution in [3.63, 3.8) is 0 Å². The van der Waals surface area contributed by atoms with E-state index in [0.717, 1.165) is 25.8 Å². The van der Waals surface area contributed by atoms with Crippen molar-refractivity contribution < 1.29 is 29.5 Å². The quantitative estimate of drug-likeness (QED) is 0.604. The van der Waals surface area contributed by atoms with Crippen LogP contribution in [0.25, 0.3) is 0 Å². The molecule has 4 saturated heterocycles. The number of rotatable bonds is 4. The van der Waals surface area contributed by atoms with Gasteiger partial charge in [-0.25, -0.2) is 0 Å². The van der Waals surface area contributed by atoms with Gasteiger partial charge < -0.3 is 29.5 Å². The lowest BCUT2D eigenvalue weighted by Gasteiger charge is -2.76. The molecular weight excluding hydrogens is 386 g/mol. The molecule has 5 saturated carbocycles. The highest BCUT2D eigenvalue weighted by atomic mass is 16.5. The third-order valence-corrected chi connectivity index (χ3v) is 11.4. The summed E-state index contributed by atoms with van der Waals surface area (Å²) in [6, 6.07) is -0.123. The van der Waals surface area contributed by atoms with Crippen molar-refractivity contribution in [2.75, 3.05) is 27.4 Å². The number of fused-ring (bicyclic) bond motifs is 3. The second-order valence-electron chi connectivity index (χ2n) is 11.5. The molecule has 0 aromatic rings. The van der Waals surface area contributed by atoms with Crippen molar-refractivity contribution >= 4 is 0 Å². The lowest BCUT2D eigenvalue weighted by Crippen LogP contribution is -2.86. The fourth-order valence-electron chi connectivity index (χ4n) is 10.9. The minimum atomic E-state index is -1.33. The molecule has 1 spiro atoms. The maximum atomic E-state index is 12.5. The van der Waals surface area contributed by atoms with Gasteiger partial charge >= 0.3 is 0 Å². The van der Waals surface area contributed by atoms with E-state index in [1.54, 1.807) is 14.2 Å². The summed E-state index contributed by atoms with van der Waals surface area (Å²) in [4.78, 5) is 2.37. The van der Waals surface area contributed by atoms with Crippen LogP contribution in [0.4, 0.5) is 0 Å². The standard InChI is InChI=1S/C23H35NO6/c1-4-24-18-22(27)9-14-20(10-28-2)6-5-15(30-19(20)24)23(14,18)12-7-11-13(29-3)8-21(22,26)16(12)17(11)25/h11-19,25-27H,4-10H2,1-3H3/t11-,12-,13+,14-,15+,16-,17+,18?,19?,20+,21-,22-,23-/m1/s1. The number of ether oxygens (including phenoxy) is 3. The molecule has 0 aromatic heterocycles. The van der Waals surface area contributed by atoms with Gasteiger partial charge in [-0.15, -0.1) is 0 Å². The summed E-state index contributed by atoms with van der Waals surface area (Å²) in [5.74, 6) is 0.107. The maximum Gasteiger partial charge on any atom is 0.119 e. The van der Waals surface area contributed by atoms with Crippen LogP contribution in [0.1, 0.15) is 39.0 Å². The van der Waals surface area contributed by atoms with E-state index in [-0.39, 0.29) is 59.0 Å². The number of aliphatic hydroxyl groups is 3. The molecule has 30 heavy (non-hydrogen) atoms. The van der Waals surface area contributed by atoms with Crippen LogP contribution in [0, 0.1) is 34.5 Å². The maximum absolute atomic E-state index is 12.5. The second kappa shape index (κ2) is 5.44. The van der Waals surface area contributed by atoms with Crippen molar-refractivity contribution in [3.8, 4) is 0 Å². The van der Waals surface area contributed by atoms with E-state index in [1.165, 1.54) is 0 Å². The first-order valence-electron chi connectivity index (χ1n) is 11.9. The first-order valence-corrected chi connectivity index (χ1v) is 11.9. The van der Waals surface area contributed by atoms with Gasteiger partial charge in [-0.2, -0.15) is 0 Å². The highest BCUT2D eigenvalue weighted by Crippen LogP contribution is 2.83. The molecule has 168 valence electrons. The Hall–Kier alpha value is -0.280. The molecule has 0 amide bonds. The molecule has 9 bridgehead atoms. The van der Waals surface area contributed by atoms with Crippen LogP contribution in [0.15, 0.2) is 0 Å². The molecule has 4 heterocycles. The van der Waals surface area contributed by atoms with E-state index in [4.69, 9.17) is 14.2 Å². The largest absolute Gasteiger partial charge is 0.392 e. The predicted octanol–water partition coefficient (Wildman–Crippen LogP) is 0.356. The zero-order chi connectivity index (χ0) is 20.8. The average Bonchev–Trinajstić information content (AvgIpc) is 3.14. The first-order chi connectivity index (χ1) is 14.3. The molecule has 4 aliphatic heterocycles. The fraction of sp³-hybridized carbons (Fsp3) is 1.00. The van der Waals surface area contributed by atoms with Crippen molar-refractivity contribution in [3.05, 3.63) is 0 Å². The van der Waals surface area contributed by atoms with Gasteiger partial charge in [0.2, 0.25) is 0 Å². The number of aliphatic hydroxyl groups excluding tert-OH is 1. The van der Waals surface area contributed by atoms with Gasteiger partial charge in [-0.3, -0.25) is 4.90 Å². The summed E-state index contributed by atoms with van der Waals surface area (Å²) >= 11 is 0. The Morgan fingerprint density at radius 3 is 2.67 bits per heavy atom. The van der Waals surface area contributed by atoms with Gasteiger partial charge in [0.05, 0.1) is 31.0 Å². The summed E-state index contributed by atoms with van der Waals surface area (Å²) in [5.41, 5.74) is -2.98. The highest BCUT2D eigenvalue weighted by Gasteiger charge is 2.91. The van der Waals surface area contributed by atoms with Crippen LogP contribution in [0.3, 0.4) is 0 Å². The normalized spacial score (nSPS) is 66.8. The summed E-state index contributed by atoms with van der Waals surface area (Å²) < 4.78 is 18.4. The first kappa shape index (κ1) is 19.2. The number of piperidine rings is 1. The topological polar surface area (TPSA) is 91.6 Å². The lowest BCUT2D eigenvalue weighted by molar-refractivity contribution is -0.410. The Labute approximate surface area is 177 Å². The van der Waals surface area contributed by atoms with Crippen molar-refractivity contribution in [2.24, 2.45) is 34.5 Å². The summed E-state index contributed by atoms with van der Waals surface area (Å²) in [6.07, 6.45) is 3.04. The van der Waals surface area contributed by atoms with E-state index in [0.29, 0.717) is 19.4 Å². The van der Waals surface area contributed by atoms with Gasteiger partial charge in [0.15, 0.2) is 0 Å². The Bertz CT molecular complexity index is 792. The van der Waals surface area contributed by atoms with Crippen LogP contribution in [0.2, 0.25) is 0 Å². The molecule has 3 N–H and O–H groups in total. The fourth-order valence-corrected chi connectivity index (χ4v) is 10.9. The molecule has 2 unspecified atom stereocenters. The molecule has 13 atom stereocenters. The molecule has 5 aliphatic carbocycles. The third-order valence-electron chi connectivity index (χ3n) is 11.4. The van der Waals surface area contributed by atoms with Gasteiger partial charge in [0.1, 0.15) is 17.4 Å². The number of methoxy groups -OCH3 is 2. The van der Waals surface area contributed by atoms with Crippen LogP contribution in [-0.4, -0.2) is 89.4 Å². The molecular formula is C23H35NO6. The predicted molar refractivity (Wildman–Crippen MR) is 105 cm³/mol. The number of likely N-dealkylation sites (N-methyl/N-ethyl adjacent to an activating group) is 1. The van der Waals surface area contributed by atoms with Crippen molar-refractivity contribution in [1.29, 1.82) is 0 Å². The van der Waals surface area contributed by atoms with Crippen molar-refractivity contribution in [2.45, 2.75) is 80.8 Å². The highest BCUT2D eigenvalue weighted by molar-refractivity contribution is 5.40. The zero-order valence-corrected chi connectivity index (χ0v) is 18.2. The average molecular weight is 422 g/mol. The van der Waals surface area contributed by atoms with E-state index in [2.05, 4.69) is 11.8 Å². The molecule has 7 nitrogen and oxygen atoms in total. The lowest BCUT2D eigenvalue weighted by atomic mass is 9.41. The summed E-state index contributed by atoms with van der Waals surface area (Å²) in [5, 5.41) is 36.2. The van der Waals surface area contributed by atoms with E-state index < -0.39 is 17.3 Å². The SMILES string of the molecule is CCN1C2O[C@H]3CC[C@]2(COC)[C@H]2C[C@@]4(O)C1[C@@]32[C@@H]1C[C@H]2[C@H](O)[C@@H]1[C@]4(O)C[C@@H]2OC. The van der Waals surface area contributed by atoms with Gasteiger partial charge in [0.25, 0.3) is 0 Å². The van der Waals surface area contributed by atoms with Gasteiger partial charge in [0, 0.05) is 43.3 Å². The summed E-state index contributed by atoms with van der Waals surface area (Å²) in [7, 11) is 3.44. The Kier molecular flexibility index (Phi) is 3.48. The Balaban J connectivity index is 1.51. The van der Waals surface area contributed by atoms with E-state index in [9.17, 15) is 15.3 Å².